The highest BCUT2D eigenvalue weighted by Crippen LogP contribution is 2.40. The summed E-state index contributed by atoms with van der Waals surface area (Å²) in [6.45, 7) is 4.01. The summed E-state index contributed by atoms with van der Waals surface area (Å²) in [4.78, 5) is 17.4. The van der Waals surface area contributed by atoms with E-state index in [0.717, 1.165) is 36.2 Å². The summed E-state index contributed by atoms with van der Waals surface area (Å²) in [5.41, 5.74) is 2.97. The lowest BCUT2D eigenvalue weighted by Gasteiger charge is -2.42. The molecule has 126 valence electrons. The molecule has 6 nitrogen and oxygen atoms in total. The van der Waals surface area contributed by atoms with Crippen LogP contribution in [0.1, 0.15) is 66.7 Å². The SMILES string of the molecule is C[C@@H]1Cc2c(C(=O)NC3(c4ccccn4)CCC3)n[nH]c2[C@H](C)O1. The van der Waals surface area contributed by atoms with E-state index in [1.807, 2.05) is 32.0 Å². The Hall–Kier alpha value is -2.21. The van der Waals surface area contributed by atoms with E-state index >= 15 is 0 Å². The van der Waals surface area contributed by atoms with E-state index < -0.39 is 0 Å². The average molecular weight is 326 g/mol. The monoisotopic (exact) mass is 326 g/mol. The lowest BCUT2D eigenvalue weighted by molar-refractivity contribution is -0.00699. The first kappa shape index (κ1) is 15.3. The number of fused-ring (bicyclic) bond motifs is 1. The van der Waals surface area contributed by atoms with Gasteiger partial charge < -0.3 is 10.1 Å². The number of carbonyl (C=O) groups is 1. The number of hydrogen-bond acceptors (Lipinski definition) is 4. The fourth-order valence-electron chi connectivity index (χ4n) is 3.76. The van der Waals surface area contributed by atoms with Crippen molar-refractivity contribution in [1.29, 1.82) is 0 Å². The maximum absolute atomic E-state index is 12.9. The van der Waals surface area contributed by atoms with Gasteiger partial charge in [-0.25, -0.2) is 0 Å². The second-order valence-electron chi connectivity index (χ2n) is 6.86. The maximum Gasteiger partial charge on any atom is 0.272 e. The normalized spacial score (nSPS) is 24.8. The third kappa shape index (κ3) is 2.41. The minimum atomic E-state index is -0.355. The molecule has 2 aliphatic rings. The average Bonchev–Trinajstić information content (AvgIpc) is 2.95. The molecule has 1 amide bonds. The number of amides is 1. The van der Waals surface area contributed by atoms with Gasteiger partial charge in [-0.1, -0.05) is 6.07 Å². The van der Waals surface area contributed by atoms with Crippen molar-refractivity contribution < 1.29 is 9.53 Å². The molecule has 1 aliphatic heterocycles. The summed E-state index contributed by atoms with van der Waals surface area (Å²) in [5.74, 6) is -0.126. The molecule has 1 fully saturated rings. The van der Waals surface area contributed by atoms with Crippen LogP contribution >= 0.6 is 0 Å². The van der Waals surface area contributed by atoms with Gasteiger partial charge in [-0.3, -0.25) is 14.9 Å². The fraction of sp³-hybridized carbons (Fsp3) is 0.500. The van der Waals surface area contributed by atoms with Crippen molar-refractivity contribution >= 4 is 5.91 Å². The first-order valence-electron chi connectivity index (χ1n) is 8.56. The van der Waals surface area contributed by atoms with E-state index in [1.54, 1.807) is 6.20 Å². The van der Waals surface area contributed by atoms with E-state index in [-0.39, 0.29) is 23.7 Å². The van der Waals surface area contributed by atoms with Crippen LogP contribution in [0.5, 0.6) is 0 Å². The predicted molar refractivity (Wildman–Crippen MR) is 88.5 cm³/mol. The number of hydrogen-bond donors (Lipinski definition) is 2. The molecule has 1 aliphatic carbocycles. The van der Waals surface area contributed by atoms with Crippen molar-refractivity contribution in [3.05, 3.63) is 47.0 Å². The van der Waals surface area contributed by atoms with Gasteiger partial charge in [0.05, 0.1) is 29.1 Å². The topological polar surface area (TPSA) is 79.9 Å². The van der Waals surface area contributed by atoms with Crippen molar-refractivity contribution in [2.75, 3.05) is 0 Å². The molecule has 6 heteroatoms. The quantitative estimate of drug-likeness (QED) is 0.909. The number of carbonyl (C=O) groups excluding carboxylic acids is 1. The molecule has 0 spiro atoms. The molecule has 0 aromatic carbocycles. The van der Waals surface area contributed by atoms with Gasteiger partial charge in [0.1, 0.15) is 0 Å². The van der Waals surface area contributed by atoms with Gasteiger partial charge in [-0.2, -0.15) is 5.10 Å². The van der Waals surface area contributed by atoms with E-state index in [1.165, 1.54) is 0 Å². The summed E-state index contributed by atoms with van der Waals surface area (Å²) < 4.78 is 5.80. The van der Waals surface area contributed by atoms with Crippen molar-refractivity contribution in [3.63, 3.8) is 0 Å². The Morgan fingerprint density at radius 2 is 2.21 bits per heavy atom. The first-order chi connectivity index (χ1) is 11.6. The zero-order valence-electron chi connectivity index (χ0n) is 14.0. The molecule has 2 aromatic heterocycles. The van der Waals surface area contributed by atoms with Crippen molar-refractivity contribution in [3.8, 4) is 0 Å². The van der Waals surface area contributed by atoms with Gasteiger partial charge >= 0.3 is 0 Å². The molecule has 0 saturated heterocycles. The second-order valence-corrected chi connectivity index (χ2v) is 6.86. The zero-order chi connectivity index (χ0) is 16.7. The molecule has 0 radical (unpaired) electrons. The third-order valence-corrected chi connectivity index (χ3v) is 5.16. The zero-order valence-corrected chi connectivity index (χ0v) is 14.0. The molecule has 0 bridgehead atoms. The van der Waals surface area contributed by atoms with Gasteiger partial charge in [0.2, 0.25) is 0 Å². The number of nitrogens with one attached hydrogen (secondary N) is 2. The Labute approximate surface area is 141 Å². The van der Waals surface area contributed by atoms with Gasteiger partial charge in [-0.15, -0.1) is 0 Å². The van der Waals surface area contributed by atoms with Crippen LogP contribution in [-0.2, 0) is 16.7 Å². The van der Waals surface area contributed by atoms with Crippen LogP contribution in [0.3, 0.4) is 0 Å². The summed E-state index contributed by atoms with van der Waals surface area (Å²) in [7, 11) is 0. The van der Waals surface area contributed by atoms with E-state index in [4.69, 9.17) is 4.74 Å². The molecule has 2 N–H and O–H groups in total. The molecule has 1 saturated carbocycles. The molecule has 2 atom stereocenters. The second kappa shape index (κ2) is 5.70. The predicted octanol–water partition coefficient (Wildman–Crippen LogP) is 2.64. The van der Waals surface area contributed by atoms with Crippen LogP contribution in [0.4, 0.5) is 0 Å². The van der Waals surface area contributed by atoms with Crippen LogP contribution in [-0.4, -0.2) is 27.2 Å². The molecule has 2 aromatic rings. The van der Waals surface area contributed by atoms with E-state index in [0.29, 0.717) is 12.1 Å². The minimum absolute atomic E-state index is 0.0637. The smallest absolute Gasteiger partial charge is 0.272 e. The number of aromatic amines is 1. The van der Waals surface area contributed by atoms with Crippen LogP contribution in [0.2, 0.25) is 0 Å². The summed E-state index contributed by atoms with van der Waals surface area (Å²) in [6.07, 6.45) is 5.43. The minimum Gasteiger partial charge on any atom is -0.369 e. The third-order valence-electron chi connectivity index (χ3n) is 5.16. The van der Waals surface area contributed by atoms with Crippen molar-refractivity contribution in [1.82, 2.24) is 20.5 Å². The Balaban J connectivity index is 1.61. The van der Waals surface area contributed by atoms with Crippen molar-refractivity contribution in [2.24, 2.45) is 0 Å². The highest BCUT2D eigenvalue weighted by Gasteiger charge is 2.42. The maximum atomic E-state index is 12.9. The lowest BCUT2D eigenvalue weighted by Crippen LogP contribution is -2.51. The van der Waals surface area contributed by atoms with Gasteiger partial charge in [0, 0.05) is 18.2 Å². The Kier molecular flexibility index (Phi) is 3.64. The summed E-state index contributed by atoms with van der Waals surface area (Å²) in [5, 5.41) is 10.5. The van der Waals surface area contributed by atoms with Gasteiger partial charge in [0.25, 0.3) is 5.91 Å². The van der Waals surface area contributed by atoms with E-state index in [2.05, 4.69) is 20.5 Å². The fourth-order valence-corrected chi connectivity index (χ4v) is 3.76. The highest BCUT2D eigenvalue weighted by molar-refractivity contribution is 5.94. The number of H-pyrrole nitrogens is 1. The molecular weight excluding hydrogens is 304 g/mol. The Bertz CT molecular complexity index is 752. The number of pyridine rings is 1. The number of nitrogens with zero attached hydrogens (tertiary/aromatic N) is 2. The number of ether oxygens (including phenoxy) is 1. The van der Waals surface area contributed by atoms with Crippen molar-refractivity contribution in [2.45, 2.75) is 57.3 Å². The number of aromatic nitrogens is 3. The molecule has 24 heavy (non-hydrogen) atoms. The molecule has 0 unspecified atom stereocenters. The van der Waals surface area contributed by atoms with Gasteiger partial charge in [0.15, 0.2) is 5.69 Å². The van der Waals surface area contributed by atoms with Crippen LogP contribution in [0.15, 0.2) is 24.4 Å². The first-order valence-corrected chi connectivity index (χ1v) is 8.56. The highest BCUT2D eigenvalue weighted by atomic mass is 16.5. The summed E-state index contributed by atoms with van der Waals surface area (Å²) >= 11 is 0. The van der Waals surface area contributed by atoms with Crippen LogP contribution in [0, 0.1) is 0 Å². The van der Waals surface area contributed by atoms with Crippen LogP contribution < -0.4 is 5.32 Å². The molecule has 3 heterocycles. The van der Waals surface area contributed by atoms with E-state index in [9.17, 15) is 4.79 Å². The van der Waals surface area contributed by atoms with Crippen LogP contribution in [0.25, 0.3) is 0 Å². The number of rotatable bonds is 3. The largest absolute Gasteiger partial charge is 0.369 e. The molecule has 4 rings (SSSR count). The standard InChI is InChI=1S/C18H22N4O2/c1-11-10-13-15(12(2)24-11)21-22-16(13)17(23)20-18(7-5-8-18)14-6-3-4-9-19-14/h3-4,6,9,11-12H,5,7-8,10H2,1-2H3,(H,20,23)(H,21,22)/t11-,12+/m1/s1. The Morgan fingerprint density at radius 3 is 2.88 bits per heavy atom. The lowest BCUT2D eigenvalue weighted by atomic mass is 9.74. The Morgan fingerprint density at radius 1 is 1.38 bits per heavy atom. The molecular formula is C18H22N4O2. The van der Waals surface area contributed by atoms with Gasteiger partial charge in [-0.05, 0) is 45.2 Å². The summed E-state index contributed by atoms with van der Waals surface area (Å²) in [6, 6.07) is 5.84.